The number of ether oxygens (including phenoxy) is 1. The monoisotopic (exact) mass is 281 g/mol. The van der Waals surface area contributed by atoms with Crippen LogP contribution in [0.25, 0.3) is 0 Å². The van der Waals surface area contributed by atoms with Crippen LogP contribution in [-0.2, 0) is 4.79 Å². The minimum absolute atomic E-state index is 0.0122. The maximum atomic E-state index is 12.1. The predicted octanol–water partition coefficient (Wildman–Crippen LogP) is -0.148. The number of β-amino-alcohol motifs (C(OH)–C–C–N with tert-alkyl or cyclic N) is 1. The molecule has 1 heterocycles. The number of aliphatic hydroxyl groups is 2. The molecule has 0 saturated carbocycles. The summed E-state index contributed by atoms with van der Waals surface area (Å²) in [6.07, 6.45) is -1.84. The molecule has 1 aliphatic heterocycles. The van der Waals surface area contributed by atoms with Crippen LogP contribution in [0.4, 0.5) is 5.69 Å². The van der Waals surface area contributed by atoms with Crippen molar-refractivity contribution in [2.24, 2.45) is 0 Å². The summed E-state index contributed by atoms with van der Waals surface area (Å²) in [5.74, 6) is -1.15. The third-order valence-corrected chi connectivity index (χ3v) is 3.02. The van der Waals surface area contributed by atoms with Crippen LogP contribution in [0.3, 0.4) is 0 Å². The summed E-state index contributed by atoms with van der Waals surface area (Å²) in [5.41, 5.74) is 0.290. The van der Waals surface area contributed by atoms with E-state index in [1.807, 2.05) is 0 Å². The largest absolute Gasteiger partial charge is 0.479 e. The molecule has 7 heteroatoms. The van der Waals surface area contributed by atoms with Crippen molar-refractivity contribution in [1.29, 1.82) is 0 Å². The molecule has 1 aromatic rings. The predicted molar refractivity (Wildman–Crippen MR) is 68.9 cm³/mol. The number of hydrogen-bond donors (Lipinski definition) is 3. The summed E-state index contributed by atoms with van der Waals surface area (Å²) in [6, 6.07) is 4.16. The van der Waals surface area contributed by atoms with E-state index in [9.17, 15) is 14.7 Å². The van der Waals surface area contributed by atoms with Crippen molar-refractivity contribution in [2.75, 3.05) is 18.1 Å². The topological polar surface area (TPSA) is 107 Å². The molecule has 3 N–H and O–H groups in total. The molecule has 20 heavy (non-hydrogen) atoms. The van der Waals surface area contributed by atoms with Crippen LogP contribution in [0.15, 0.2) is 18.2 Å². The lowest BCUT2D eigenvalue weighted by molar-refractivity contribution is -0.126. The van der Waals surface area contributed by atoms with Gasteiger partial charge in [-0.1, -0.05) is 0 Å². The second-order valence-electron chi connectivity index (χ2n) is 4.53. The first-order valence-corrected chi connectivity index (χ1v) is 6.08. The first kappa shape index (κ1) is 14.3. The van der Waals surface area contributed by atoms with E-state index in [1.165, 1.54) is 23.1 Å². The quantitative estimate of drug-likeness (QED) is 0.708. The zero-order valence-corrected chi connectivity index (χ0v) is 10.8. The van der Waals surface area contributed by atoms with Gasteiger partial charge in [-0.05, 0) is 25.1 Å². The molecule has 7 nitrogen and oxygen atoms in total. The molecule has 0 saturated heterocycles. The first-order valence-electron chi connectivity index (χ1n) is 6.08. The second-order valence-corrected chi connectivity index (χ2v) is 4.53. The van der Waals surface area contributed by atoms with Crippen molar-refractivity contribution in [3.05, 3.63) is 23.8 Å². The van der Waals surface area contributed by atoms with Crippen molar-refractivity contribution in [2.45, 2.75) is 19.1 Å². The molecule has 0 bridgehead atoms. The van der Waals surface area contributed by atoms with Crippen LogP contribution in [0.1, 0.15) is 17.3 Å². The van der Waals surface area contributed by atoms with E-state index in [2.05, 4.69) is 0 Å². The van der Waals surface area contributed by atoms with Crippen LogP contribution in [0, 0.1) is 0 Å². The highest BCUT2D eigenvalue weighted by Crippen LogP contribution is 2.35. The van der Waals surface area contributed by atoms with Gasteiger partial charge in [0.05, 0.1) is 30.5 Å². The Balaban J connectivity index is 2.43. The third-order valence-electron chi connectivity index (χ3n) is 3.02. The van der Waals surface area contributed by atoms with Crippen molar-refractivity contribution in [3.8, 4) is 5.75 Å². The minimum Gasteiger partial charge on any atom is -0.479 e. The van der Waals surface area contributed by atoms with Crippen LogP contribution in [0.5, 0.6) is 5.75 Å². The lowest BCUT2D eigenvalue weighted by Crippen LogP contribution is -2.48. The molecule has 0 spiro atoms. The maximum absolute atomic E-state index is 12.1. The van der Waals surface area contributed by atoms with Crippen molar-refractivity contribution >= 4 is 17.6 Å². The van der Waals surface area contributed by atoms with Crippen LogP contribution < -0.4 is 9.64 Å². The Morgan fingerprint density at radius 2 is 2.20 bits per heavy atom. The Morgan fingerprint density at radius 1 is 1.50 bits per heavy atom. The van der Waals surface area contributed by atoms with E-state index < -0.39 is 30.7 Å². The Hall–Kier alpha value is -2.12. The van der Waals surface area contributed by atoms with E-state index in [1.54, 1.807) is 6.92 Å². The number of carboxylic acids is 1. The number of carboxylic acid groups (broad SMARTS) is 1. The normalized spacial score (nSPS) is 19.2. The average molecular weight is 281 g/mol. The molecular formula is C13H15NO6. The fourth-order valence-electron chi connectivity index (χ4n) is 2.00. The number of carbonyl (C=O) groups is 2. The van der Waals surface area contributed by atoms with Gasteiger partial charge in [0.1, 0.15) is 5.75 Å². The highest BCUT2D eigenvalue weighted by Gasteiger charge is 2.33. The van der Waals surface area contributed by atoms with Gasteiger partial charge in [0, 0.05) is 0 Å². The van der Waals surface area contributed by atoms with E-state index in [0.29, 0.717) is 5.75 Å². The fraction of sp³-hybridized carbons (Fsp3) is 0.385. The van der Waals surface area contributed by atoms with Gasteiger partial charge < -0.3 is 25.0 Å². The maximum Gasteiger partial charge on any atom is 0.335 e. The summed E-state index contributed by atoms with van der Waals surface area (Å²) in [5, 5.41) is 27.4. The number of aliphatic hydroxyl groups excluding tert-OH is 2. The van der Waals surface area contributed by atoms with E-state index >= 15 is 0 Å². The van der Waals surface area contributed by atoms with Crippen LogP contribution >= 0.6 is 0 Å². The molecule has 0 fully saturated rings. The number of aromatic carboxylic acids is 1. The van der Waals surface area contributed by atoms with Gasteiger partial charge in [-0.3, -0.25) is 4.79 Å². The number of benzene rings is 1. The van der Waals surface area contributed by atoms with Crippen molar-refractivity contribution in [3.63, 3.8) is 0 Å². The SMILES string of the molecule is CC1Oc2ccc(C(=O)O)cc2N(CC(O)CO)C1=O. The van der Waals surface area contributed by atoms with Gasteiger partial charge in [0.2, 0.25) is 0 Å². The smallest absolute Gasteiger partial charge is 0.335 e. The zero-order valence-electron chi connectivity index (χ0n) is 10.8. The Morgan fingerprint density at radius 3 is 2.80 bits per heavy atom. The van der Waals surface area contributed by atoms with Crippen LogP contribution in [0.2, 0.25) is 0 Å². The van der Waals surface area contributed by atoms with Crippen molar-refractivity contribution < 1.29 is 29.6 Å². The molecule has 0 aliphatic carbocycles. The first-order chi connectivity index (χ1) is 9.43. The molecule has 2 atom stereocenters. The van der Waals surface area contributed by atoms with E-state index in [0.717, 1.165) is 0 Å². The fourth-order valence-corrected chi connectivity index (χ4v) is 2.00. The number of rotatable bonds is 4. The van der Waals surface area contributed by atoms with Crippen molar-refractivity contribution in [1.82, 2.24) is 0 Å². The highest BCUT2D eigenvalue weighted by molar-refractivity contribution is 6.01. The zero-order chi connectivity index (χ0) is 14.9. The number of nitrogens with zero attached hydrogens (tertiary/aromatic N) is 1. The van der Waals surface area contributed by atoms with Gasteiger partial charge in [-0.25, -0.2) is 4.79 Å². The molecule has 1 aromatic carbocycles. The van der Waals surface area contributed by atoms with Gasteiger partial charge in [0.25, 0.3) is 5.91 Å². The summed E-state index contributed by atoms with van der Waals surface area (Å²) >= 11 is 0. The van der Waals surface area contributed by atoms with Gasteiger partial charge in [0.15, 0.2) is 6.10 Å². The molecule has 1 amide bonds. The van der Waals surface area contributed by atoms with E-state index in [-0.39, 0.29) is 17.8 Å². The Labute approximate surface area is 115 Å². The van der Waals surface area contributed by atoms with Gasteiger partial charge in [-0.15, -0.1) is 0 Å². The Kier molecular flexibility index (Phi) is 3.91. The number of anilines is 1. The molecule has 0 radical (unpaired) electrons. The molecule has 2 rings (SSSR count). The number of carbonyl (C=O) groups excluding carboxylic acids is 1. The third kappa shape index (κ3) is 2.59. The molecule has 0 aromatic heterocycles. The standard InChI is InChI=1S/C13H15NO6/c1-7-12(17)14(5-9(16)6-15)10-4-8(13(18)19)2-3-11(10)20-7/h2-4,7,9,15-16H,5-6H2,1H3,(H,18,19). The van der Waals surface area contributed by atoms with Crippen LogP contribution in [-0.4, -0.2) is 52.6 Å². The summed E-state index contributed by atoms with van der Waals surface area (Å²) in [7, 11) is 0. The minimum atomic E-state index is -1.12. The summed E-state index contributed by atoms with van der Waals surface area (Å²) < 4.78 is 5.40. The number of fused-ring (bicyclic) bond motifs is 1. The van der Waals surface area contributed by atoms with Gasteiger partial charge >= 0.3 is 5.97 Å². The van der Waals surface area contributed by atoms with E-state index in [4.69, 9.17) is 14.9 Å². The molecule has 2 unspecified atom stereocenters. The second kappa shape index (κ2) is 5.48. The van der Waals surface area contributed by atoms with Gasteiger partial charge in [-0.2, -0.15) is 0 Å². The summed E-state index contributed by atoms with van der Waals surface area (Å²) in [4.78, 5) is 24.3. The highest BCUT2D eigenvalue weighted by atomic mass is 16.5. The lowest BCUT2D eigenvalue weighted by Gasteiger charge is -2.34. The molecule has 108 valence electrons. The number of amides is 1. The molecule has 1 aliphatic rings. The average Bonchev–Trinajstić information content (AvgIpc) is 2.43. The Bertz CT molecular complexity index is 544. The lowest BCUT2D eigenvalue weighted by atomic mass is 10.1. The molecular weight excluding hydrogens is 266 g/mol. The number of hydrogen-bond acceptors (Lipinski definition) is 5. The summed E-state index contributed by atoms with van der Waals surface area (Å²) in [6.45, 7) is 0.945.